The van der Waals surface area contributed by atoms with Gasteiger partial charge in [-0.05, 0) is 61.9 Å². The van der Waals surface area contributed by atoms with Crippen molar-refractivity contribution in [1.29, 1.82) is 0 Å². The van der Waals surface area contributed by atoms with Crippen LogP contribution >= 0.6 is 12.4 Å². The van der Waals surface area contributed by atoms with E-state index in [0.717, 1.165) is 10.9 Å². The number of aliphatic hydroxyl groups excluding tert-OH is 1. The molecule has 4 atom stereocenters. The van der Waals surface area contributed by atoms with E-state index in [9.17, 15) is 13.5 Å². The van der Waals surface area contributed by atoms with Gasteiger partial charge in [0.25, 0.3) is 10.0 Å². The molecule has 10 N–H and O–H groups in total. The molecular formula is C27H37ClN12O3S. The molecule has 17 heteroatoms. The number of H-pyrrole nitrogens is 1. The predicted octanol–water partition coefficient (Wildman–Crippen LogP) is 0.725. The molecule has 0 saturated carbocycles. The van der Waals surface area contributed by atoms with Crippen LogP contribution in [0.5, 0.6) is 0 Å². The Morgan fingerprint density at radius 2 is 1.64 bits per heavy atom. The first-order chi connectivity index (χ1) is 20.7. The van der Waals surface area contributed by atoms with Crippen LogP contribution in [0.1, 0.15) is 12.8 Å². The van der Waals surface area contributed by atoms with Crippen LogP contribution in [0, 0.1) is 5.92 Å². The summed E-state index contributed by atoms with van der Waals surface area (Å²) in [7, 11) is -3.84. The highest BCUT2D eigenvalue weighted by Gasteiger charge is 2.30. The number of hydrogen-bond donors (Lipinski definition) is 7. The zero-order chi connectivity index (χ0) is 30.1. The summed E-state index contributed by atoms with van der Waals surface area (Å²) >= 11 is 0. The van der Waals surface area contributed by atoms with Gasteiger partial charge in [-0.1, -0.05) is 0 Å². The minimum Gasteiger partial charge on any atom is -0.393 e. The molecule has 0 aliphatic carbocycles. The van der Waals surface area contributed by atoms with Crippen LogP contribution < -0.4 is 37.0 Å². The van der Waals surface area contributed by atoms with Crippen LogP contribution in [-0.4, -0.2) is 89.6 Å². The zero-order valence-electron chi connectivity index (χ0n) is 23.9. The highest BCUT2D eigenvalue weighted by molar-refractivity contribution is 7.92. The molecule has 0 spiro atoms. The Morgan fingerprint density at radius 1 is 0.955 bits per heavy atom. The molecule has 0 amide bonds. The normalized spacial score (nSPS) is 22.5. The molecule has 2 aliphatic heterocycles. The lowest BCUT2D eigenvalue weighted by atomic mass is 9.95. The maximum absolute atomic E-state index is 13.1. The van der Waals surface area contributed by atoms with E-state index in [1.54, 1.807) is 36.5 Å². The van der Waals surface area contributed by atoms with Crippen LogP contribution in [0.2, 0.25) is 0 Å². The highest BCUT2D eigenvalue weighted by atomic mass is 35.5. The third-order valence-corrected chi connectivity index (χ3v) is 9.20. The topological polar surface area (TPSA) is 230 Å². The average molecular weight is 645 g/mol. The SMILES string of the molecule is Cl.NC[C@H]1CN(c2nc(Nc3ccc(S(=O)(=O)Nc4ccc5cn[nH]c5c4)cc3)nc(N3C[C@H](N)C[C@H](N)C3)n2)CC[C@H]1O. The Labute approximate surface area is 261 Å². The number of halogens is 1. The number of piperidine rings is 2. The van der Waals surface area contributed by atoms with Crippen LogP contribution in [0.25, 0.3) is 10.9 Å². The van der Waals surface area contributed by atoms with Crippen molar-refractivity contribution in [2.24, 2.45) is 23.1 Å². The standard InChI is InChI=1S/C27H36N12O3S.ClH/c28-11-17-13-38(8-7-24(17)40)26-33-25(34-27(35-26)39-14-18(29)9-19(30)15-39)32-20-3-5-22(6-4-20)43(41,42)37-21-2-1-16-12-31-36-23(16)10-21;/h1-6,10,12,17-19,24,37,40H,7-9,11,13-15,28-30H2,(H,31,36)(H,32,33,34,35);1H/t17-,18-,19+,24+;/m0./s1. The van der Waals surface area contributed by atoms with Gasteiger partial charge in [0.15, 0.2) is 0 Å². The van der Waals surface area contributed by atoms with Gasteiger partial charge in [0.1, 0.15) is 0 Å². The van der Waals surface area contributed by atoms with Crippen molar-refractivity contribution in [3.05, 3.63) is 48.7 Å². The Hall–Kier alpha value is -3.80. The largest absolute Gasteiger partial charge is 0.393 e. The number of nitrogens with two attached hydrogens (primary N) is 3. The quantitative estimate of drug-likeness (QED) is 0.140. The molecule has 2 saturated heterocycles. The van der Waals surface area contributed by atoms with Gasteiger partial charge in [-0.25, -0.2) is 8.42 Å². The van der Waals surface area contributed by atoms with Crippen LogP contribution in [0.3, 0.4) is 0 Å². The number of nitrogens with one attached hydrogen (secondary N) is 3. The van der Waals surface area contributed by atoms with Gasteiger partial charge in [0.2, 0.25) is 17.8 Å². The van der Waals surface area contributed by atoms with Crippen LogP contribution in [0.4, 0.5) is 29.2 Å². The Balaban J connectivity index is 0.00000384. The molecule has 2 fully saturated rings. The predicted molar refractivity (Wildman–Crippen MR) is 172 cm³/mol. The van der Waals surface area contributed by atoms with Gasteiger partial charge in [0.05, 0.1) is 28.4 Å². The molecule has 2 aromatic carbocycles. The number of rotatable bonds is 8. The second-order valence-corrected chi connectivity index (χ2v) is 12.8. The Kier molecular flexibility index (Phi) is 9.38. The molecule has 4 heterocycles. The fourth-order valence-electron chi connectivity index (χ4n) is 5.53. The van der Waals surface area contributed by atoms with Gasteiger partial charge < -0.3 is 37.4 Å². The molecule has 2 aromatic heterocycles. The second kappa shape index (κ2) is 13.1. The van der Waals surface area contributed by atoms with E-state index >= 15 is 0 Å². The highest BCUT2D eigenvalue weighted by Crippen LogP contribution is 2.27. The second-order valence-electron chi connectivity index (χ2n) is 11.1. The number of hydrogen-bond acceptors (Lipinski definition) is 13. The summed E-state index contributed by atoms with van der Waals surface area (Å²) in [4.78, 5) is 18.1. The summed E-state index contributed by atoms with van der Waals surface area (Å²) in [5.74, 6) is 1.06. The maximum Gasteiger partial charge on any atom is 0.261 e. The molecule has 15 nitrogen and oxygen atoms in total. The van der Waals surface area contributed by atoms with Gasteiger partial charge in [-0.3, -0.25) is 9.82 Å². The van der Waals surface area contributed by atoms with Crippen molar-refractivity contribution in [3.8, 4) is 0 Å². The minimum atomic E-state index is -3.84. The van der Waals surface area contributed by atoms with Crippen molar-refractivity contribution in [1.82, 2.24) is 25.1 Å². The minimum absolute atomic E-state index is 0. The lowest BCUT2D eigenvalue weighted by Crippen LogP contribution is -2.53. The summed E-state index contributed by atoms with van der Waals surface area (Å²) in [6.07, 6.45) is 2.45. The molecule has 6 rings (SSSR count). The molecule has 0 radical (unpaired) electrons. The summed E-state index contributed by atoms with van der Waals surface area (Å²) in [5.41, 5.74) is 20.1. The summed E-state index contributed by atoms with van der Waals surface area (Å²) in [5, 5.41) is 21.2. The van der Waals surface area contributed by atoms with Gasteiger partial charge >= 0.3 is 0 Å². The van der Waals surface area contributed by atoms with Gasteiger partial charge in [-0.2, -0.15) is 20.1 Å². The van der Waals surface area contributed by atoms with Gasteiger partial charge in [0, 0.05) is 55.3 Å². The zero-order valence-corrected chi connectivity index (χ0v) is 25.5. The van der Waals surface area contributed by atoms with Crippen LogP contribution in [0.15, 0.2) is 53.6 Å². The number of aromatic nitrogens is 5. The first-order valence-electron chi connectivity index (χ1n) is 14.1. The van der Waals surface area contributed by atoms with E-state index in [-0.39, 0.29) is 41.3 Å². The number of fused-ring (bicyclic) bond motifs is 1. The van der Waals surface area contributed by atoms with Gasteiger partial charge in [-0.15, -0.1) is 12.4 Å². The smallest absolute Gasteiger partial charge is 0.261 e. The Bertz CT molecular complexity index is 1680. The summed E-state index contributed by atoms with van der Waals surface area (Å²) in [6.45, 7) is 2.51. The van der Waals surface area contributed by atoms with Crippen molar-refractivity contribution < 1.29 is 13.5 Å². The third kappa shape index (κ3) is 6.95. The number of aliphatic hydroxyl groups is 1. The summed E-state index contributed by atoms with van der Waals surface area (Å²) < 4.78 is 28.7. The molecule has 236 valence electrons. The first-order valence-corrected chi connectivity index (χ1v) is 15.6. The van der Waals surface area contributed by atoms with Crippen LogP contribution in [-0.2, 0) is 10.0 Å². The number of anilines is 5. The number of nitrogens with zero attached hydrogens (tertiary/aromatic N) is 6. The lowest BCUT2D eigenvalue weighted by molar-refractivity contribution is 0.0917. The van der Waals surface area contributed by atoms with E-state index in [0.29, 0.717) is 68.8 Å². The van der Waals surface area contributed by atoms with Crippen molar-refractivity contribution in [3.63, 3.8) is 0 Å². The lowest BCUT2D eigenvalue weighted by Gasteiger charge is -2.37. The molecule has 4 aromatic rings. The van der Waals surface area contributed by atoms with Crippen molar-refractivity contribution >= 4 is 62.6 Å². The number of aromatic amines is 1. The third-order valence-electron chi connectivity index (χ3n) is 7.80. The maximum atomic E-state index is 13.1. The molecule has 44 heavy (non-hydrogen) atoms. The molecule has 0 unspecified atom stereocenters. The number of sulfonamides is 1. The van der Waals surface area contributed by atoms with Crippen molar-refractivity contribution in [2.45, 2.75) is 35.9 Å². The molecular weight excluding hydrogens is 608 g/mol. The fourth-order valence-corrected chi connectivity index (χ4v) is 6.58. The molecule has 2 aliphatic rings. The fraction of sp³-hybridized carbons (Fsp3) is 0.407. The first kappa shape index (κ1) is 31.6. The Morgan fingerprint density at radius 3 is 2.34 bits per heavy atom. The van der Waals surface area contributed by atoms with Crippen molar-refractivity contribution in [2.75, 3.05) is 52.6 Å². The van der Waals surface area contributed by atoms with E-state index < -0.39 is 16.1 Å². The van der Waals surface area contributed by atoms with E-state index in [1.807, 2.05) is 9.80 Å². The van der Waals surface area contributed by atoms with E-state index in [2.05, 4.69) is 30.2 Å². The average Bonchev–Trinajstić information content (AvgIpc) is 3.45. The summed E-state index contributed by atoms with van der Waals surface area (Å²) in [6, 6.07) is 11.2. The van der Waals surface area contributed by atoms with E-state index in [4.69, 9.17) is 22.2 Å². The number of benzene rings is 2. The monoisotopic (exact) mass is 644 g/mol. The molecule has 0 bridgehead atoms. The van der Waals surface area contributed by atoms with E-state index in [1.165, 1.54) is 12.1 Å².